The fourth-order valence-corrected chi connectivity index (χ4v) is 5.05. The maximum atomic E-state index is 5.28. The fourth-order valence-electron chi connectivity index (χ4n) is 3.30. The summed E-state index contributed by atoms with van der Waals surface area (Å²) in [6, 6.07) is 19.1. The zero-order chi connectivity index (χ0) is 21.5. The molecule has 0 radical (unpaired) electrons. The van der Waals surface area contributed by atoms with Crippen LogP contribution in [0.2, 0.25) is 0 Å². The minimum absolute atomic E-state index is 0.790. The summed E-state index contributed by atoms with van der Waals surface area (Å²) in [6.45, 7) is 2.13. The Morgan fingerprint density at radius 3 is 2.68 bits per heavy atom. The average molecular weight is 450 g/mol. The monoisotopic (exact) mass is 449 g/mol. The largest absolute Gasteiger partial charge is 0.497 e. The summed E-state index contributed by atoms with van der Waals surface area (Å²) in [5.74, 6) is 2.75. The first kappa shape index (κ1) is 21.8. The second-order valence-electron chi connectivity index (χ2n) is 7.49. The van der Waals surface area contributed by atoms with E-state index < -0.39 is 0 Å². The Kier molecular flexibility index (Phi) is 7.54. The highest BCUT2D eigenvalue weighted by Crippen LogP contribution is 2.26. The second kappa shape index (κ2) is 10.7. The number of aromatic amines is 1. The van der Waals surface area contributed by atoms with Crippen molar-refractivity contribution >= 4 is 34.6 Å². The van der Waals surface area contributed by atoms with Gasteiger partial charge in [0.15, 0.2) is 5.16 Å². The third kappa shape index (κ3) is 6.28. The molecule has 31 heavy (non-hydrogen) atoms. The highest BCUT2D eigenvalue weighted by molar-refractivity contribution is 7.99. The molecule has 2 heterocycles. The van der Waals surface area contributed by atoms with Gasteiger partial charge in [0.25, 0.3) is 0 Å². The van der Waals surface area contributed by atoms with Gasteiger partial charge < -0.3 is 9.72 Å². The topological polar surface area (TPSA) is 50.8 Å². The van der Waals surface area contributed by atoms with Crippen molar-refractivity contribution in [2.45, 2.75) is 42.0 Å². The maximum Gasteiger partial charge on any atom is 0.166 e. The van der Waals surface area contributed by atoms with Crippen LogP contribution >= 0.6 is 23.5 Å². The summed E-state index contributed by atoms with van der Waals surface area (Å²) in [5.41, 5.74) is 5.78. The highest BCUT2D eigenvalue weighted by atomic mass is 32.2. The number of H-pyrrole nitrogens is 1. The molecule has 0 aliphatic rings. The van der Waals surface area contributed by atoms with Gasteiger partial charge in [-0.2, -0.15) is 0 Å². The molecule has 6 heteroatoms. The fraction of sp³-hybridized carbons (Fsp3) is 0.280. The maximum absolute atomic E-state index is 5.28. The van der Waals surface area contributed by atoms with Crippen molar-refractivity contribution in [1.82, 2.24) is 15.0 Å². The van der Waals surface area contributed by atoms with Gasteiger partial charge in [0.2, 0.25) is 0 Å². The second-order valence-corrected chi connectivity index (χ2v) is 9.62. The molecule has 0 fully saturated rings. The van der Waals surface area contributed by atoms with Gasteiger partial charge >= 0.3 is 0 Å². The highest BCUT2D eigenvalue weighted by Gasteiger charge is 2.06. The van der Waals surface area contributed by atoms with E-state index in [1.54, 1.807) is 18.9 Å². The average Bonchev–Trinajstić information content (AvgIpc) is 3.21. The number of aromatic nitrogens is 3. The van der Waals surface area contributed by atoms with Gasteiger partial charge in [0.05, 0.1) is 23.8 Å². The van der Waals surface area contributed by atoms with Gasteiger partial charge in [-0.15, -0.1) is 11.8 Å². The van der Waals surface area contributed by atoms with Gasteiger partial charge in [0.1, 0.15) is 5.75 Å². The molecule has 0 bridgehead atoms. The number of imidazole rings is 1. The molecule has 2 aromatic carbocycles. The molecule has 0 saturated heterocycles. The number of ether oxygens (including phenoxy) is 1. The molecule has 2 aromatic heterocycles. The van der Waals surface area contributed by atoms with Gasteiger partial charge in [0, 0.05) is 22.9 Å². The summed E-state index contributed by atoms with van der Waals surface area (Å²) in [7, 11) is 1.67. The number of thioether (sulfide) groups is 2. The van der Waals surface area contributed by atoms with Crippen LogP contribution < -0.4 is 4.74 Å². The van der Waals surface area contributed by atoms with Crippen molar-refractivity contribution in [1.29, 1.82) is 0 Å². The summed E-state index contributed by atoms with van der Waals surface area (Å²) in [6.07, 6.45) is 5.50. The van der Waals surface area contributed by atoms with Crippen LogP contribution in [-0.2, 0) is 12.2 Å². The number of benzene rings is 2. The van der Waals surface area contributed by atoms with Crippen molar-refractivity contribution < 1.29 is 4.74 Å². The number of unbranched alkanes of at least 4 members (excludes halogenated alkanes) is 1. The van der Waals surface area contributed by atoms with Crippen LogP contribution in [0.3, 0.4) is 0 Å². The first-order valence-corrected chi connectivity index (χ1v) is 12.5. The Hall–Kier alpha value is -2.44. The molecule has 0 aliphatic carbocycles. The molecule has 0 aliphatic heterocycles. The van der Waals surface area contributed by atoms with Crippen LogP contribution in [0.4, 0.5) is 0 Å². The Morgan fingerprint density at radius 1 is 0.968 bits per heavy atom. The van der Waals surface area contributed by atoms with Crippen molar-refractivity contribution in [3.63, 3.8) is 0 Å². The van der Waals surface area contributed by atoms with Crippen molar-refractivity contribution in [2.24, 2.45) is 0 Å². The minimum Gasteiger partial charge on any atom is -0.497 e. The van der Waals surface area contributed by atoms with Gasteiger partial charge in [-0.3, -0.25) is 4.98 Å². The quantitative estimate of drug-likeness (QED) is 0.216. The van der Waals surface area contributed by atoms with Crippen LogP contribution in [0.15, 0.2) is 70.8 Å². The van der Waals surface area contributed by atoms with Crippen molar-refractivity contribution in [2.75, 3.05) is 12.9 Å². The molecule has 1 N–H and O–H groups in total. The zero-order valence-electron chi connectivity index (χ0n) is 17.9. The Bertz CT molecular complexity index is 1130. The third-order valence-corrected chi connectivity index (χ3v) is 7.05. The van der Waals surface area contributed by atoms with E-state index in [1.165, 1.54) is 28.9 Å². The minimum atomic E-state index is 0.790. The van der Waals surface area contributed by atoms with E-state index in [-0.39, 0.29) is 0 Å². The van der Waals surface area contributed by atoms with E-state index in [1.807, 2.05) is 36.2 Å². The molecular weight excluding hydrogens is 422 g/mol. The molecule has 0 atom stereocenters. The summed E-state index contributed by atoms with van der Waals surface area (Å²) in [4.78, 5) is 13.8. The summed E-state index contributed by atoms with van der Waals surface area (Å²) >= 11 is 3.59. The van der Waals surface area contributed by atoms with E-state index >= 15 is 0 Å². The lowest BCUT2D eigenvalue weighted by Gasteiger charge is -2.05. The number of pyridine rings is 1. The Morgan fingerprint density at radius 2 is 1.84 bits per heavy atom. The number of fused-ring (bicyclic) bond motifs is 1. The lowest BCUT2D eigenvalue weighted by molar-refractivity contribution is 0.415. The number of nitrogens with one attached hydrogen (secondary N) is 1. The number of aryl methyl sites for hydroxylation is 2. The lowest BCUT2D eigenvalue weighted by atomic mass is 10.1. The summed E-state index contributed by atoms with van der Waals surface area (Å²) < 4.78 is 5.28. The van der Waals surface area contributed by atoms with Crippen molar-refractivity contribution in [3.8, 4) is 5.75 Å². The lowest BCUT2D eigenvalue weighted by Crippen LogP contribution is -1.90. The van der Waals surface area contributed by atoms with Crippen molar-refractivity contribution in [3.05, 3.63) is 77.6 Å². The van der Waals surface area contributed by atoms with Crippen LogP contribution in [0, 0.1) is 6.92 Å². The van der Waals surface area contributed by atoms with E-state index in [4.69, 9.17) is 4.74 Å². The van der Waals surface area contributed by atoms with E-state index in [0.717, 1.165) is 45.6 Å². The van der Waals surface area contributed by atoms with Gasteiger partial charge in [-0.05, 0) is 61.8 Å². The van der Waals surface area contributed by atoms with Gasteiger partial charge in [-0.25, -0.2) is 4.98 Å². The normalized spacial score (nSPS) is 11.2. The molecule has 0 spiro atoms. The van der Waals surface area contributed by atoms with E-state index in [0.29, 0.717) is 0 Å². The van der Waals surface area contributed by atoms with Gasteiger partial charge in [-0.1, -0.05) is 41.6 Å². The molecule has 0 unspecified atom stereocenters. The third-order valence-electron chi connectivity index (χ3n) is 5.06. The van der Waals surface area contributed by atoms with Crippen LogP contribution in [0.5, 0.6) is 5.75 Å². The number of hydrogen-bond donors (Lipinski definition) is 1. The van der Waals surface area contributed by atoms with Crippen LogP contribution in [0.25, 0.3) is 11.0 Å². The molecule has 4 aromatic rings. The Balaban J connectivity index is 1.24. The molecule has 4 rings (SSSR count). The van der Waals surface area contributed by atoms with Crippen LogP contribution in [0.1, 0.15) is 29.7 Å². The number of methoxy groups -OCH3 is 1. The molecular formula is C25H27N3OS2. The standard InChI is InChI=1S/C25H27N3OS2/c1-18-6-8-19(9-7-18)5-3-4-14-30-22-12-13-26-20(15-22)17-31-25-27-23-11-10-21(29-2)16-24(23)28-25/h6-13,15-16H,3-5,14,17H2,1-2H3,(H,27,28). The molecule has 160 valence electrons. The number of hydrogen-bond acceptors (Lipinski definition) is 5. The molecule has 0 amide bonds. The summed E-state index contributed by atoms with van der Waals surface area (Å²) in [5, 5.41) is 0.902. The zero-order valence-corrected chi connectivity index (χ0v) is 19.6. The van der Waals surface area contributed by atoms with E-state index in [9.17, 15) is 0 Å². The smallest absolute Gasteiger partial charge is 0.166 e. The van der Waals surface area contributed by atoms with E-state index in [2.05, 4.69) is 58.3 Å². The Labute approximate surface area is 192 Å². The first-order valence-electron chi connectivity index (χ1n) is 10.5. The molecule has 4 nitrogen and oxygen atoms in total. The molecule has 0 saturated carbocycles. The first-order chi connectivity index (χ1) is 15.2. The predicted octanol–water partition coefficient (Wildman–Crippen LogP) is 6.68. The van der Waals surface area contributed by atoms with Crippen LogP contribution in [-0.4, -0.2) is 27.8 Å². The number of rotatable bonds is 10. The SMILES string of the molecule is COc1ccc2nc(SCc3cc(SCCCCc4ccc(C)cc4)ccn3)[nH]c2c1. The predicted molar refractivity (Wildman–Crippen MR) is 131 cm³/mol. The number of nitrogens with zero attached hydrogens (tertiary/aromatic N) is 2.